The van der Waals surface area contributed by atoms with E-state index in [2.05, 4.69) is 30.0 Å². The van der Waals surface area contributed by atoms with Gasteiger partial charge in [-0.05, 0) is 92.3 Å². The van der Waals surface area contributed by atoms with Crippen molar-refractivity contribution < 1.29 is 17.9 Å². The van der Waals surface area contributed by atoms with Crippen molar-refractivity contribution in [2.45, 2.75) is 58.4 Å². The van der Waals surface area contributed by atoms with Gasteiger partial charge in [-0.2, -0.15) is 0 Å². The number of aryl methyl sites for hydroxylation is 3. The lowest BCUT2D eigenvalue weighted by Crippen LogP contribution is -2.27. The van der Waals surface area contributed by atoms with Gasteiger partial charge in [-0.3, -0.25) is 9.52 Å². The van der Waals surface area contributed by atoms with Crippen LogP contribution in [0, 0.1) is 20.8 Å². The molecule has 0 aliphatic heterocycles. The summed E-state index contributed by atoms with van der Waals surface area (Å²) in [6.45, 7) is 11.7. The van der Waals surface area contributed by atoms with Crippen LogP contribution in [0.25, 0.3) is 0 Å². The van der Waals surface area contributed by atoms with Gasteiger partial charge in [0.25, 0.3) is 15.9 Å². The lowest BCUT2D eigenvalue weighted by Gasteiger charge is -2.21. The zero-order valence-corrected chi connectivity index (χ0v) is 22.2. The Morgan fingerprint density at radius 1 is 0.857 bits per heavy atom. The van der Waals surface area contributed by atoms with Crippen molar-refractivity contribution in [3.8, 4) is 5.75 Å². The first kappa shape index (κ1) is 26.3. The van der Waals surface area contributed by atoms with Crippen molar-refractivity contribution >= 4 is 21.6 Å². The second kappa shape index (κ2) is 10.5. The van der Waals surface area contributed by atoms with E-state index >= 15 is 0 Å². The van der Waals surface area contributed by atoms with Gasteiger partial charge in [0.05, 0.1) is 18.0 Å². The largest absolute Gasteiger partial charge is 0.496 e. The Kier molecular flexibility index (Phi) is 7.90. The molecule has 0 aromatic heterocycles. The molecular formula is C28H34N2O4S. The van der Waals surface area contributed by atoms with Crippen molar-refractivity contribution in [2.75, 3.05) is 11.8 Å². The Morgan fingerprint density at radius 2 is 1.51 bits per heavy atom. The molecule has 0 unspecified atom stereocenters. The van der Waals surface area contributed by atoms with Crippen molar-refractivity contribution in [1.29, 1.82) is 0 Å². The number of anilines is 1. The van der Waals surface area contributed by atoms with Crippen LogP contribution in [0.15, 0.2) is 59.5 Å². The molecule has 2 N–H and O–H groups in total. The fraction of sp³-hybridized carbons (Fsp3) is 0.321. The Morgan fingerprint density at radius 3 is 2.11 bits per heavy atom. The van der Waals surface area contributed by atoms with Gasteiger partial charge >= 0.3 is 0 Å². The Labute approximate surface area is 208 Å². The van der Waals surface area contributed by atoms with Crippen LogP contribution in [0.4, 0.5) is 5.69 Å². The zero-order chi connectivity index (χ0) is 25.9. The van der Waals surface area contributed by atoms with E-state index in [1.807, 2.05) is 39.0 Å². The molecule has 0 spiro atoms. The molecule has 186 valence electrons. The van der Waals surface area contributed by atoms with Gasteiger partial charge in [0.2, 0.25) is 0 Å². The highest BCUT2D eigenvalue weighted by Gasteiger charge is 2.21. The van der Waals surface area contributed by atoms with Crippen molar-refractivity contribution in [1.82, 2.24) is 5.32 Å². The van der Waals surface area contributed by atoms with Crippen LogP contribution in [0.5, 0.6) is 5.75 Å². The summed E-state index contributed by atoms with van der Waals surface area (Å²) < 4.78 is 34.3. The number of ether oxygens (including phenoxy) is 1. The second-order valence-corrected chi connectivity index (χ2v) is 10.9. The van der Waals surface area contributed by atoms with Crippen LogP contribution in [-0.4, -0.2) is 21.4 Å². The Balaban J connectivity index is 1.86. The highest BCUT2D eigenvalue weighted by atomic mass is 32.2. The molecule has 0 radical (unpaired) electrons. The number of benzene rings is 3. The number of rotatable bonds is 8. The molecule has 7 heteroatoms. The summed E-state index contributed by atoms with van der Waals surface area (Å²) in [4.78, 5) is 13.2. The minimum atomic E-state index is -3.87. The van der Waals surface area contributed by atoms with Crippen LogP contribution in [-0.2, 0) is 10.0 Å². The zero-order valence-electron chi connectivity index (χ0n) is 21.4. The normalized spacial score (nSPS) is 12.3. The smallest absolute Gasteiger partial charge is 0.262 e. The number of carbonyl (C=O) groups excluding carboxylic acids is 1. The molecule has 3 rings (SSSR count). The third-order valence-corrected chi connectivity index (χ3v) is 7.62. The van der Waals surface area contributed by atoms with E-state index in [4.69, 9.17) is 4.74 Å². The lowest BCUT2D eigenvalue weighted by molar-refractivity contribution is 0.0939. The molecule has 0 saturated heterocycles. The standard InChI is InChI=1S/C28H34N2O4S/c1-17(2)24-16-25(20(5)14-26(24)34-7)21(6)29-28(31)22-11-10-19(4)27(15-22)35(32,33)30-23-12-8-18(3)9-13-23/h8-17,21,30H,1-7H3,(H,29,31)/t21-/m1/s1. The van der Waals surface area contributed by atoms with E-state index in [-0.39, 0.29) is 28.3 Å². The minimum absolute atomic E-state index is 0.0705. The predicted octanol–water partition coefficient (Wildman–Crippen LogP) is 6.04. The van der Waals surface area contributed by atoms with E-state index in [0.717, 1.165) is 28.0 Å². The van der Waals surface area contributed by atoms with Gasteiger partial charge < -0.3 is 10.1 Å². The number of hydrogen-bond acceptors (Lipinski definition) is 4. The molecule has 0 aliphatic carbocycles. The number of methoxy groups -OCH3 is 1. The fourth-order valence-electron chi connectivity index (χ4n) is 4.03. The average molecular weight is 495 g/mol. The molecule has 35 heavy (non-hydrogen) atoms. The van der Waals surface area contributed by atoms with Crippen LogP contribution in [0.2, 0.25) is 0 Å². The van der Waals surface area contributed by atoms with Gasteiger partial charge in [0, 0.05) is 11.3 Å². The maximum atomic E-state index is 13.1. The molecular weight excluding hydrogens is 460 g/mol. The topological polar surface area (TPSA) is 84.5 Å². The third kappa shape index (κ3) is 6.03. The minimum Gasteiger partial charge on any atom is -0.496 e. The summed E-state index contributed by atoms with van der Waals surface area (Å²) >= 11 is 0. The number of amides is 1. The molecule has 0 aliphatic rings. The molecule has 1 amide bonds. The molecule has 3 aromatic carbocycles. The van der Waals surface area contributed by atoms with E-state index in [1.54, 1.807) is 38.3 Å². The van der Waals surface area contributed by atoms with Gasteiger partial charge in [0.15, 0.2) is 0 Å². The highest BCUT2D eigenvalue weighted by molar-refractivity contribution is 7.92. The van der Waals surface area contributed by atoms with Crippen LogP contribution in [0.1, 0.15) is 70.9 Å². The van der Waals surface area contributed by atoms with Gasteiger partial charge in [0.1, 0.15) is 5.75 Å². The molecule has 0 fully saturated rings. The van der Waals surface area contributed by atoms with E-state index in [1.165, 1.54) is 6.07 Å². The van der Waals surface area contributed by atoms with Gasteiger partial charge in [-0.1, -0.05) is 37.6 Å². The first-order chi connectivity index (χ1) is 16.4. The first-order valence-corrected chi connectivity index (χ1v) is 13.1. The summed E-state index contributed by atoms with van der Waals surface area (Å²) in [6.07, 6.45) is 0. The SMILES string of the molecule is COc1cc(C)c([C@@H](C)NC(=O)c2ccc(C)c(S(=O)(=O)Nc3ccc(C)cc3)c2)cc1C(C)C. The summed E-state index contributed by atoms with van der Waals surface area (Å²) in [5.74, 6) is 0.748. The maximum absolute atomic E-state index is 13.1. The molecule has 0 bridgehead atoms. The van der Waals surface area contributed by atoms with Crippen molar-refractivity contribution in [3.05, 3.63) is 88.0 Å². The van der Waals surface area contributed by atoms with Crippen LogP contribution >= 0.6 is 0 Å². The van der Waals surface area contributed by atoms with E-state index in [9.17, 15) is 13.2 Å². The summed E-state index contributed by atoms with van der Waals surface area (Å²) in [6, 6.07) is 15.6. The van der Waals surface area contributed by atoms with Gasteiger partial charge in [-0.15, -0.1) is 0 Å². The lowest BCUT2D eigenvalue weighted by atomic mass is 9.93. The number of hydrogen-bond donors (Lipinski definition) is 2. The van der Waals surface area contributed by atoms with E-state index in [0.29, 0.717) is 11.3 Å². The summed E-state index contributed by atoms with van der Waals surface area (Å²) in [7, 11) is -2.21. The van der Waals surface area contributed by atoms with E-state index < -0.39 is 10.0 Å². The highest BCUT2D eigenvalue weighted by Crippen LogP contribution is 2.32. The monoisotopic (exact) mass is 494 g/mol. The first-order valence-electron chi connectivity index (χ1n) is 11.6. The molecule has 3 aromatic rings. The van der Waals surface area contributed by atoms with Crippen LogP contribution < -0.4 is 14.8 Å². The number of nitrogens with one attached hydrogen (secondary N) is 2. The molecule has 0 saturated carbocycles. The Hall–Kier alpha value is -3.32. The molecule has 6 nitrogen and oxygen atoms in total. The van der Waals surface area contributed by atoms with Crippen molar-refractivity contribution in [3.63, 3.8) is 0 Å². The molecule has 0 heterocycles. The summed E-state index contributed by atoms with van der Waals surface area (Å²) in [5.41, 5.74) is 5.40. The maximum Gasteiger partial charge on any atom is 0.262 e. The average Bonchev–Trinajstić information content (AvgIpc) is 2.79. The number of carbonyl (C=O) groups is 1. The second-order valence-electron chi connectivity index (χ2n) is 9.25. The quantitative estimate of drug-likeness (QED) is 0.400. The van der Waals surface area contributed by atoms with Crippen molar-refractivity contribution in [2.24, 2.45) is 0 Å². The predicted molar refractivity (Wildman–Crippen MR) is 141 cm³/mol. The third-order valence-electron chi connectivity index (χ3n) is 6.10. The fourth-order valence-corrected chi connectivity index (χ4v) is 5.36. The van der Waals surface area contributed by atoms with Crippen LogP contribution in [0.3, 0.4) is 0 Å². The molecule has 1 atom stereocenters. The number of sulfonamides is 1. The summed E-state index contributed by atoms with van der Waals surface area (Å²) in [5, 5.41) is 3.02. The van der Waals surface area contributed by atoms with Gasteiger partial charge in [-0.25, -0.2) is 8.42 Å². The Bertz CT molecular complexity index is 1330.